The molecule has 0 aromatic carbocycles. The van der Waals surface area contributed by atoms with E-state index in [2.05, 4.69) is 24.9 Å². The number of sulfone groups is 1. The summed E-state index contributed by atoms with van der Waals surface area (Å²) in [5.41, 5.74) is -1.81. The van der Waals surface area contributed by atoms with Gasteiger partial charge in [0.1, 0.15) is 16.9 Å². The van der Waals surface area contributed by atoms with E-state index in [0.717, 1.165) is 7.11 Å². The van der Waals surface area contributed by atoms with Gasteiger partial charge in [0.25, 0.3) is 0 Å². The van der Waals surface area contributed by atoms with Crippen molar-refractivity contribution in [2.75, 3.05) is 12.9 Å². The maximum absolute atomic E-state index is 12.9. The van der Waals surface area contributed by atoms with E-state index in [-0.39, 0.29) is 39.0 Å². The zero-order valence-corrected chi connectivity index (χ0v) is 16.2. The van der Waals surface area contributed by atoms with Crippen molar-refractivity contribution in [3.63, 3.8) is 0 Å². The number of ether oxygens (including phenoxy) is 1. The fourth-order valence-electron chi connectivity index (χ4n) is 2.57. The minimum Gasteiger partial charge on any atom is -0.464 e. The Kier molecular flexibility index (Phi) is 5.03. The van der Waals surface area contributed by atoms with Gasteiger partial charge in [-0.2, -0.15) is 13.2 Å². The largest absolute Gasteiger partial charge is 0.464 e. The van der Waals surface area contributed by atoms with E-state index in [1.807, 2.05) is 0 Å². The molecule has 0 saturated carbocycles. The predicted octanol–water partition coefficient (Wildman–Crippen LogP) is 2.02. The van der Waals surface area contributed by atoms with Gasteiger partial charge in [-0.05, 0) is 12.1 Å². The highest BCUT2D eigenvalue weighted by Gasteiger charge is 2.34. The molecule has 154 valence electrons. The summed E-state index contributed by atoms with van der Waals surface area (Å²) in [6.45, 7) is 1.42. The highest BCUT2D eigenvalue weighted by atomic mass is 32.2. The van der Waals surface area contributed by atoms with Crippen LogP contribution in [0.4, 0.5) is 13.2 Å². The summed E-state index contributed by atoms with van der Waals surface area (Å²) in [7, 11) is -1.25. The number of nitrogens with zero attached hydrogens (tertiary/aromatic N) is 5. The number of methoxy groups -OCH3 is 1. The number of aryl methyl sites for hydroxylation is 1. The van der Waals surface area contributed by atoms with E-state index < -0.39 is 27.7 Å². The first-order valence-electron chi connectivity index (χ1n) is 8.09. The maximum atomic E-state index is 12.9. The number of imidazole rings is 1. The van der Waals surface area contributed by atoms with Crippen molar-refractivity contribution in [1.29, 1.82) is 0 Å². The van der Waals surface area contributed by atoms with E-state index in [1.54, 1.807) is 0 Å². The molecule has 3 aromatic rings. The Labute approximate surface area is 162 Å². The molecule has 0 aliphatic heterocycles. The number of pyridine rings is 1. The number of hydrogen-bond acceptors (Lipinski definition) is 8. The van der Waals surface area contributed by atoms with E-state index in [9.17, 15) is 26.4 Å². The Morgan fingerprint density at radius 3 is 2.48 bits per heavy atom. The molecule has 0 bridgehead atoms. The van der Waals surface area contributed by atoms with Crippen LogP contribution in [0.3, 0.4) is 0 Å². The summed E-state index contributed by atoms with van der Waals surface area (Å²) < 4.78 is 69.6. The smallest absolute Gasteiger partial charge is 0.435 e. The summed E-state index contributed by atoms with van der Waals surface area (Å²) >= 11 is 0. The lowest BCUT2D eigenvalue weighted by Crippen LogP contribution is -2.12. The summed E-state index contributed by atoms with van der Waals surface area (Å²) in [6, 6.07) is 3.06. The van der Waals surface area contributed by atoms with Crippen LogP contribution in [0, 0.1) is 0 Å². The molecule has 0 unspecified atom stereocenters. The zero-order chi connectivity index (χ0) is 21.6. The Bertz CT molecular complexity index is 1220. The van der Waals surface area contributed by atoms with E-state index in [0.29, 0.717) is 6.07 Å². The number of esters is 1. The monoisotopic (exact) mass is 429 g/mol. The van der Waals surface area contributed by atoms with Gasteiger partial charge in [0, 0.05) is 13.1 Å². The Morgan fingerprint density at radius 1 is 1.21 bits per heavy atom. The third-order valence-electron chi connectivity index (χ3n) is 4.09. The van der Waals surface area contributed by atoms with Crippen molar-refractivity contribution in [1.82, 2.24) is 24.7 Å². The number of fused-ring (bicyclic) bond motifs is 1. The molecule has 3 heterocycles. The highest BCUT2D eigenvalue weighted by molar-refractivity contribution is 7.91. The predicted molar refractivity (Wildman–Crippen MR) is 93.6 cm³/mol. The summed E-state index contributed by atoms with van der Waals surface area (Å²) in [5, 5.41) is 6.68. The van der Waals surface area contributed by atoms with Crippen LogP contribution in [-0.4, -0.2) is 52.0 Å². The van der Waals surface area contributed by atoms with Gasteiger partial charge in [0.05, 0.1) is 17.8 Å². The molecule has 0 spiro atoms. The second-order valence-corrected chi connectivity index (χ2v) is 8.12. The Morgan fingerprint density at radius 2 is 1.90 bits per heavy atom. The summed E-state index contributed by atoms with van der Waals surface area (Å²) in [5.74, 6) is -1.17. The Hall–Kier alpha value is -3.09. The zero-order valence-electron chi connectivity index (χ0n) is 15.4. The van der Waals surface area contributed by atoms with Gasteiger partial charge in [-0.3, -0.25) is 0 Å². The van der Waals surface area contributed by atoms with Crippen LogP contribution in [0.25, 0.3) is 22.7 Å². The molecular weight excluding hydrogens is 415 g/mol. The van der Waals surface area contributed by atoms with Crippen molar-refractivity contribution < 1.29 is 31.1 Å². The first-order chi connectivity index (χ1) is 13.5. The van der Waals surface area contributed by atoms with Gasteiger partial charge >= 0.3 is 12.1 Å². The van der Waals surface area contributed by atoms with Gasteiger partial charge in [0.15, 0.2) is 27.0 Å². The second-order valence-electron chi connectivity index (χ2n) is 5.87. The molecular formula is C16H14F3N5O4S. The molecule has 0 atom stereocenters. The standard InChI is InChI=1S/C16H14F3N5O4S/c1-4-29(26,27)10-6-5-8(15(25)28-3)20-12(10)14-21-9-7-11(16(17,18)19)22-23-13(9)24(14)2/h5-7H,4H2,1-3H3. The van der Waals surface area contributed by atoms with Crippen LogP contribution in [-0.2, 0) is 27.8 Å². The summed E-state index contributed by atoms with van der Waals surface area (Å²) in [6.07, 6.45) is -4.72. The molecule has 0 saturated heterocycles. The minimum atomic E-state index is -4.72. The number of alkyl halides is 3. The van der Waals surface area contributed by atoms with Crippen molar-refractivity contribution in [3.8, 4) is 11.5 Å². The maximum Gasteiger partial charge on any atom is 0.435 e. The molecule has 9 nitrogen and oxygen atoms in total. The van der Waals surface area contributed by atoms with Gasteiger partial charge in [0.2, 0.25) is 0 Å². The Balaban J connectivity index is 2.32. The van der Waals surface area contributed by atoms with Crippen molar-refractivity contribution in [2.24, 2.45) is 7.05 Å². The van der Waals surface area contributed by atoms with Crippen molar-refractivity contribution >= 4 is 27.0 Å². The number of halogens is 3. The average molecular weight is 429 g/mol. The van der Waals surface area contributed by atoms with Crippen LogP contribution in [0.5, 0.6) is 0 Å². The number of rotatable bonds is 4. The highest BCUT2D eigenvalue weighted by Crippen LogP contribution is 2.31. The molecule has 0 fully saturated rings. The third kappa shape index (κ3) is 3.64. The van der Waals surface area contributed by atoms with Gasteiger partial charge in [-0.1, -0.05) is 6.92 Å². The third-order valence-corrected chi connectivity index (χ3v) is 5.85. The lowest BCUT2D eigenvalue weighted by atomic mass is 10.3. The van der Waals surface area contributed by atoms with E-state index in [1.165, 1.54) is 30.7 Å². The molecule has 3 rings (SSSR count). The quantitative estimate of drug-likeness (QED) is 0.579. The first kappa shape index (κ1) is 20.6. The fourth-order valence-corrected chi connectivity index (χ4v) is 3.59. The second kappa shape index (κ2) is 7.06. The minimum absolute atomic E-state index is 0.0156. The lowest BCUT2D eigenvalue weighted by Gasteiger charge is -2.10. The summed E-state index contributed by atoms with van der Waals surface area (Å²) in [4.78, 5) is 19.7. The molecule has 13 heteroatoms. The van der Waals surface area contributed by atoms with Crippen molar-refractivity contribution in [2.45, 2.75) is 18.0 Å². The molecule has 0 aliphatic carbocycles. The van der Waals surface area contributed by atoms with Gasteiger partial charge in [-0.15, -0.1) is 10.2 Å². The first-order valence-corrected chi connectivity index (χ1v) is 9.74. The van der Waals surface area contributed by atoms with Crippen LogP contribution < -0.4 is 0 Å². The van der Waals surface area contributed by atoms with Crippen LogP contribution in [0.15, 0.2) is 23.1 Å². The van der Waals surface area contributed by atoms with Gasteiger partial charge < -0.3 is 9.30 Å². The topological polar surface area (TPSA) is 117 Å². The molecule has 0 radical (unpaired) electrons. The van der Waals surface area contributed by atoms with Crippen LogP contribution in [0.2, 0.25) is 0 Å². The number of carbonyl (C=O) groups is 1. The molecule has 0 amide bonds. The van der Waals surface area contributed by atoms with Crippen LogP contribution >= 0.6 is 0 Å². The molecule has 3 aromatic heterocycles. The van der Waals surface area contributed by atoms with Gasteiger partial charge in [-0.25, -0.2) is 23.2 Å². The van der Waals surface area contributed by atoms with Crippen molar-refractivity contribution in [3.05, 3.63) is 29.6 Å². The number of hydrogen-bond donors (Lipinski definition) is 0. The molecule has 0 aliphatic rings. The molecule has 29 heavy (non-hydrogen) atoms. The van der Waals surface area contributed by atoms with Crippen LogP contribution in [0.1, 0.15) is 23.1 Å². The average Bonchev–Trinajstić information content (AvgIpc) is 3.02. The normalized spacial score (nSPS) is 12.3. The lowest BCUT2D eigenvalue weighted by molar-refractivity contribution is -0.141. The molecule has 0 N–H and O–H groups in total. The van der Waals surface area contributed by atoms with E-state index >= 15 is 0 Å². The fraction of sp³-hybridized carbons (Fsp3) is 0.312. The number of aromatic nitrogens is 5. The number of carbonyl (C=O) groups excluding carboxylic acids is 1. The van der Waals surface area contributed by atoms with E-state index in [4.69, 9.17) is 0 Å². The SMILES string of the molecule is CCS(=O)(=O)c1ccc(C(=O)OC)nc1-c1nc2cc(C(F)(F)F)nnc2n1C.